The first kappa shape index (κ1) is 12.0. The molecular formula is C15H21NO2. The Labute approximate surface area is 108 Å². The van der Waals surface area contributed by atoms with Crippen LogP contribution in [0.1, 0.15) is 37.3 Å². The number of benzene rings is 1. The standard InChI is InChI=1S/C15H21NO2/c1-2-7-15-13(6-1)14(8-10-18-15)16-11-12-5-3-4-9-17-12/h1-2,6-7,12,14,16H,3-5,8-11H2. The summed E-state index contributed by atoms with van der Waals surface area (Å²) in [7, 11) is 0. The highest BCUT2D eigenvalue weighted by Gasteiger charge is 2.22. The maximum atomic E-state index is 5.76. The molecule has 2 heterocycles. The lowest BCUT2D eigenvalue weighted by Gasteiger charge is -2.29. The number of hydrogen-bond acceptors (Lipinski definition) is 3. The predicted octanol–water partition coefficient (Wildman–Crippen LogP) is 2.67. The van der Waals surface area contributed by atoms with Crippen molar-refractivity contribution in [2.24, 2.45) is 0 Å². The van der Waals surface area contributed by atoms with Crippen LogP contribution in [0, 0.1) is 0 Å². The Bertz CT molecular complexity index is 388. The molecule has 3 rings (SSSR count). The van der Waals surface area contributed by atoms with Crippen LogP contribution in [0.4, 0.5) is 0 Å². The molecule has 1 aromatic carbocycles. The van der Waals surface area contributed by atoms with Crippen molar-refractivity contribution in [3.05, 3.63) is 29.8 Å². The molecule has 2 unspecified atom stereocenters. The Morgan fingerprint density at radius 1 is 1.11 bits per heavy atom. The highest BCUT2D eigenvalue weighted by molar-refractivity contribution is 5.37. The summed E-state index contributed by atoms with van der Waals surface area (Å²) in [6.45, 7) is 2.69. The van der Waals surface area contributed by atoms with Gasteiger partial charge in [-0.25, -0.2) is 0 Å². The van der Waals surface area contributed by atoms with Crippen molar-refractivity contribution < 1.29 is 9.47 Å². The number of fused-ring (bicyclic) bond motifs is 1. The van der Waals surface area contributed by atoms with E-state index in [0.717, 1.165) is 31.9 Å². The molecule has 0 saturated carbocycles. The third kappa shape index (κ3) is 2.68. The largest absolute Gasteiger partial charge is 0.493 e. The van der Waals surface area contributed by atoms with Gasteiger partial charge in [-0.2, -0.15) is 0 Å². The van der Waals surface area contributed by atoms with E-state index in [1.807, 2.05) is 6.07 Å². The smallest absolute Gasteiger partial charge is 0.124 e. The van der Waals surface area contributed by atoms with Gasteiger partial charge in [-0.05, 0) is 25.3 Å². The average Bonchev–Trinajstić information content (AvgIpc) is 2.46. The van der Waals surface area contributed by atoms with Gasteiger partial charge in [-0.3, -0.25) is 0 Å². The Morgan fingerprint density at radius 2 is 2.06 bits per heavy atom. The Morgan fingerprint density at radius 3 is 2.94 bits per heavy atom. The van der Waals surface area contributed by atoms with E-state index in [0.29, 0.717) is 12.1 Å². The quantitative estimate of drug-likeness (QED) is 0.890. The van der Waals surface area contributed by atoms with Gasteiger partial charge in [0.2, 0.25) is 0 Å². The molecule has 2 aliphatic heterocycles. The van der Waals surface area contributed by atoms with Gasteiger partial charge in [-0.15, -0.1) is 0 Å². The Hall–Kier alpha value is -1.06. The number of rotatable bonds is 3. The minimum absolute atomic E-state index is 0.397. The highest BCUT2D eigenvalue weighted by Crippen LogP contribution is 2.31. The zero-order chi connectivity index (χ0) is 12.2. The van der Waals surface area contributed by atoms with Crippen molar-refractivity contribution in [3.8, 4) is 5.75 Å². The van der Waals surface area contributed by atoms with E-state index in [1.54, 1.807) is 0 Å². The predicted molar refractivity (Wildman–Crippen MR) is 70.9 cm³/mol. The Kier molecular flexibility index (Phi) is 3.81. The van der Waals surface area contributed by atoms with Crippen LogP contribution >= 0.6 is 0 Å². The minimum Gasteiger partial charge on any atom is -0.493 e. The summed E-state index contributed by atoms with van der Waals surface area (Å²) < 4.78 is 11.4. The van der Waals surface area contributed by atoms with E-state index in [2.05, 4.69) is 23.5 Å². The van der Waals surface area contributed by atoms with Gasteiger partial charge in [0.1, 0.15) is 5.75 Å². The second kappa shape index (κ2) is 5.72. The molecule has 1 saturated heterocycles. The van der Waals surface area contributed by atoms with Gasteiger partial charge in [0.25, 0.3) is 0 Å². The molecule has 1 aromatic rings. The molecule has 0 aromatic heterocycles. The fourth-order valence-corrected chi connectivity index (χ4v) is 2.80. The first-order valence-corrected chi connectivity index (χ1v) is 7.00. The SMILES string of the molecule is c1ccc2c(c1)OCCC2NCC1CCCCO1. The van der Waals surface area contributed by atoms with Crippen LogP contribution in [0.25, 0.3) is 0 Å². The van der Waals surface area contributed by atoms with E-state index in [1.165, 1.54) is 24.8 Å². The minimum atomic E-state index is 0.397. The van der Waals surface area contributed by atoms with Gasteiger partial charge in [0, 0.05) is 31.2 Å². The molecule has 1 fully saturated rings. The van der Waals surface area contributed by atoms with E-state index in [-0.39, 0.29) is 0 Å². The van der Waals surface area contributed by atoms with Crippen molar-refractivity contribution >= 4 is 0 Å². The third-order valence-electron chi connectivity index (χ3n) is 3.82. The normalized spacial score (nSPS) is 27.3. The lowest BCUT2D eigenvalue weighted by molar-refractivity contribution is 0.0145. The molecule has 0 amide bonds. The van der Waals surface area contributed by atoms with Crippen LogP contribution in [-0.4, -0.2) is 25.9 Å². The van der Waals surface area contributed by atoms with Crippen molar-refractivity contribution in [1.29, 1.82) is 0 Å². The maximum Gasteiger partial charge on any atom is 0.124 e. The summed E-state index contributed by atoms with van der Waals surface area (Å²) in [6.07, 6.45) is 5.16. The number of ether oxygens (including phenoxy) is 2. The van der Waals surface area contributed by atoms with Crippen LogP contribution in [0.15, 0.2) is 24.3 Å². The van der Waals surface area contributed by atoms with Gasteiger partial charge in [0.05, 0.1) is 12.7 Å². The van der Waals surface area contributed by atoms with Crippen LogP contribution in [0.3, 0.4) is 0 Å². The lowest BCUT2D eigenvalue weighted by Crippen LogP contribution is -2.35. The van der Waals surface area contributed by atoms with Crippen molar-refractivity contribution in [2.75, 3.05) is 19.8 Å². The van der Waals surface area contributed by atoms with Gasteiger partial charge >= 0.3 is 0 Å². The summed E-state index contributed by atoms with van der Waals surface area (Å²) in [5, 5.41) is 3.64. The van der Waals surface area contributed by atoms with Gasteiger partial charge in [-0.1, -0.05) is 18.2 Å². The molecular weight excluding hydrogens is 226 g/mol. The monoisotopic (exact) mass is 247 g/mol. The molecule has 3 nitrogen and oxygen atoms in total. The van der Waals surface area contributed by atoms with E-state index in [4.69, 9.17) is 9.47 Å². The molecule has 0 spiro atoms. The van der Waals surface area contributed by atoms with Crippen LogP contribution in [0.5, 0.6) is 5.75 Å². The fraction of sp³-hybridized carbons (Fsp3) is 0.600. The van der Waals surface area contributed by atoms with Gasteiger partial charge < -0.3 is 14.8 Å². The second-order valence-corrected chi connectivity index (χ2v) is 5.12. The summed E-state index contributed by atoms with van der Waals surface area (Å²) in [4.78, 5) is 0. The fourth-order valence-electron chi connectivity index (χ4n) is 2.80. The number of para-hydroxylation sites is 1. The zero-order valence-electron chi connectivity index (χ0n) is 10.7. The molecule has 18 heavy (non-hydrogen) atoms. The molecule has 0 radical (unpaired) electrons. The van der Waals surface area contributed by atoms with E-state index >= 15 is 0 Å². The topological polar surface area (TPSA) is 30.5 Å². The lowest BCUT2D eigenvalue weighted by atomic mass is 10.00. The van der Waals surface area contributed by atoms with Gasteiger partial charge in [0.15, 0.2) is 0 Å². The van der Waals surface area contributed by atoms with Crippen LogP contribution < -0.4 is 10.1 Å². The molecule has 2 atom stereocenters. The maximum absolute atomic E-state index is 5.76. The molecule has 3 heteroatoms. The number of hydrogen-bond donors (Lipinski definition) is 1. The van der Waals surface area contributed by atoms with E-state index < -0.39 is 0 Å². The number of nitrogens with one attached hydrogen (secondary N) is 1. The van der Waals surface area contributed by atoms with Crippen molar-refractivity contribution in [3.63, 3.8) is 0 Å². The summed E-state index contributed by atoms with van der Waals surface area (Å²) in [5.74, 6) is 1.03. The summed E-state index contributed by atoms with van der Waals surface area (Å²) in [6, 6.07) is 8.75. The van der Waals surface area contributed by atoms with Crippen LogP contribution in [0.2, 0.25) is 0 Å². The molecule has 2 aliphatic rings. The summed E-state index contributed by atoms with van der Waals surface area (Å²) in [5.41, 5.74) is 1.29. The van der Waals surface area contributed by atoms with Crippen LogP contribution in [-0.2, 0) is 4.74 Å². The molecule has 1 N–H and O–H groups in total. The van der Waals surface area contributed by atoms with E-state index in [9.17, 15) is 0 Å². The third-order valence-corrected chi connectivity index (χ3v) is 3.82. The van der Waals surface area contributed by atoms with Crippen molar-refractivity contribution in [2.45, 2.75) is 37.8 Å². The zero-order valence-corrected chi connectivity index (χ0v) is 10.7. The molecule has 98 valence electrons. The second-order valence-electron chi connectivity index (χ2n) is 5.12. The van der Waals surface area contributed by atoms with Crippen molar-refractivity contribution in [1.82, 2.24) is 5.32 Å². The molecule has 0 bridgehead atoms. The highest BCUT2D eigenvalue weighted by atomic mass is 16.5. The summed E-state index contributed by atoms with van der Waals surface area (Å²) >= 11 is 0. The Balaban J connectivity index is 1.60. The average molecular weight is 247 g/mol. The first-order valence-electron chi connectivity index (χ1n) is 7.00. The molecule has 0 aliphatic carbocycles. The first-order chi connectivity index (χ1) is 8.93.